The van der Waals surface area contributed by atoms with Crippen LogP contribution in [0.2, 0.25) is 0 Å². The number of aliphatic hydroxyl groups excluding tert-OH is 1. The van der Waals surface area contributed by atoms with Crippen LogP contribution in [0, 0.1) is 11.8 Å². The maximum Gasteiger partial charge on any atom is 0.227 e. The summed E-state index contributed by atoms with van der Waals surface area (Å²) in [5.74, 6) is 0.825. The molecule has 1 unspecified atom stereocenters. The van der Waals surface area contributed by atoms with E-state index in [-0.39, 0.29) is 18.4 Å². The van der Waals surface area contributed by atoms with Gasteiger partial charge in [-0.1, -0.05) is 19.1 Å². The number of hydrogen-bond acceptors (Lipinski definition) is 2. The van der Waals surface area contributed by atoms with Gasteiger partial charge >= 0.3 is 0 Å². The predicted molar refractivity (Wildman–Crippen MR) is 72.4 cm³/mol. The van der Waals surface area contributed by atoms with Gasteiger partial charge in [0, 0.05) is 18.2 Å². The summed E-state index contributed by atoms with van der Waals surface area (Å²) in [7, 11) is 0. The van der Waals surface area contributed by atoms with E-state index in [1.807, 2.05) is 31.2 Å². The van der Waals surface area contributed by atoms with Crippen LogP contribution in [0.4, 0.5) is 5.69 Å². The van der Waals surface area contributed by atoms with Crippen molar-refractivity contribution in [2.75, 3.05) is 11.9 Å². The van der Waals surface area contributed by atoms with Gasteiger partial charge in [0.2, 0.25) is 5.91 Å². The molecule has 1 aliphatic rings. The SMILES string of the molecule is CC(C(=O)Nc1cccc(CCCO)c1)C1CC1. The third-order valence-electron chi connectivity index (χ3n) is 3.56. The highest BCUT2D eigenvalue weighted by molar-refractivity contribution is 5.92. The second kappa shape index (κ2) is 6.01. The molecule has 1 amide bonds. The van der Waals surface area contributed by atoms with Gasteiger partial charge in [-0.15, -0.1) is 0 Å². The van der Waals surface area contributed by atoms with Crippen LogP contribution in [0.5, 0.6) is 0 Å². The quantitative estimate of drug-likeness (QED) is 0.811. The third-order valence-corrected chi connectivity index (χ3v) is 3.56. The molecule has 2 rings (SSSR count). The van der Waals surface area contributed by atoms with Gasteiger partial charge < -0.3 is 10.4 Å². The van der Waals surface area contributed by atoms with Gasteiger partial charge in [-0.2, -0.15) is 0 Å². The first-order valence-corrected chi connectivity index (χ1v) is 6.71. The lowest BCUT2D eigenvalue weighted by Crippen LogP contribution is -2.21. The lowest BCUT2D eigenvalue weighted by atomic mass is 10.1. The zero-order chi connectivity index (χ0) is 13.0. The van der Waals surface area contributed by atoms with Gasteiger partial charge in [0.05, 0.1) is 0 Å². The first kappa shape index (κ1) is 13.1. The van der Waals surface area contributed by atoms with Crippen molar-refractivity contribution in [2.45, 2.75) is 32.6 Å². The Bertz CT molecular complexity index is 413. The number of aliphatic hydroxyl groups is 1. The Kier molecular flexibility index (Phi) is 4.37. The number of rotatable bonds is 6. The van der Waals surface area contributed by atoms with Crippen LogP contribution in [0.15, 0.2) is 24.3 Å². The monoisotopic (exact) mass is 247 g/mol. The average molecular weight is 247 g/mol. The highest BCUT2D eigenvalue weighted by Crippen LogP contribution is 2.37. The molecule has 1 aromatic rings. The standard InChI is InChI=1S/C15H21NO2/c1-11(13-7-8-13)15(18)16-14-6-2-4-12(10-14)5-3-9-17/h2,4,6,10-11,13,17H,3,5,7-9H2,1H3,(H,16,18). The fourth-order valence-corrected chi connectivity index (χ4v) is 2.15. The van der Waals surface area contributed by atoms with Crippen molar-refractivity contribution in [3.05, 3.63) is 29.8 Å². The van der Waals surface area contributed by atoms with Crippen molar-refractivity contribution in [2.24, 2.45) is 11.8 Å². The van der Waals surface area contributed by atoms with E-state index >= 15 is 0 Å². The fraction of sp³-hybridized carbons (Fsp3) is 0.533. The van der Waals surface area contributed by atoms with Crippen LogP contribution >= 0.6 is 0 Å². The summed E-state index contributed by atoms with van der Waals surface area (Å²) in [4.78, 5) is 12.0. The number of amides is 1. The molecule has 18 heavy (non-hydrogen) atoms. The summed E-state index contributed by atoms with van der Waals surface area (Å²) >= 11 is 0. The van der Waals surface area contributed by atoms with Crippen LogP contribution < -0.4 is 5.32 Å². The van der Waals surface area contributed by atoms with Crippen molar-refractivity contribution < 1.29 is 9.90 Å². The number of aryl methyl sites for hydroxylation is 1. The summed E-state index contributed by atoms with van der Waals surface area (Å²) in [6, 6.07) is 7.88. The van der Waals surface area contributed by atoms with E-state index in [1.54, 1.807) is 0 Å². The third kappa shape index (κ3) is 3.57. The highest BCUT2D eigenvalue weighted by Gasteiger charge is 2.32. The van der Waals surface area contributed by atoms with E-state index in [0.29, 0.717) is 5.92 Å². The Hall–Kier alpha value is -1.35. The Balaban J connectivity index is 1.93. The lowest BCUT2D eigenvalue weighted by molar-refractivity contribution is -0.119. The average Bonchev–Trinajstić information content (AvgIpc) is 3.20. The van der Waals surface area contributed by atoms with Crippen LogP contribution in [0.1, 0.15) is 31.7 Å². The van der Waals surface area contributed by atoms with E-state index in [9.17, 15) is 4.79 Å². The Morgan fingerprint density at radius 3 is 2.94 bits per heavy atom. The fourth-order valence-electron chi connectivity index (χ4n) is 2.15. The minimum absolute atomic E-state index is 0.117. The molecule has 3 heteroatoms. The summed E-state index contributed by atoms with van der Waals surface area (Å²) in [5.41, 5.74) is 2.02. The molecular weight excluding hydrogens is 226 g/mol. The maximum atomic E-state index is 12.0. The molecule has 0 aromatic heterocycles. The largest absolute Gasteiger partial charge is 0.396 e. The molecule has 3 nitrogen and oxygen atoms in total. The number of carbonyl (C=O) groups excluding carboxylic acids is 1. The predicted octanol–water partition coefficient (Wildman–Crippen LogP) is 2.60. The molecule has 0 aliphatic heterocycles. The van der Waals surface area contributed by atoms with Gasteiger partial charge in [0.25, 0.3) is 0 Å². The van der Waals surface area contributed by atoms with Crippen LogP contribution in [0.25, 0.3) is 0 Å². The van der Waals surface area contributed by atoms with E-state index < -0.39 is 0 Å². The van der Waals surface area contributed by atoms with E-state index in [0.717, 1.165) is 24.1 Å². The highest BCUT2D eigenvalue weighted by atomic mass is 16.2. The molecule has 1 fully saturated rings. The first-order valence-electron chi connectivity index (χ1n) is 6.71. The van der Waals surface area contributed by atoms with E-state index in [4.69, 9.17) is 5.11 Å². The van der Waals surface area contributed by atoms with Gasteiger partial charge in [0.15, 0.2) is 0 Å². The molecule has 0 radical (unpaired) electrons. The van der Waals surface area contributed by atoms with Gasteiger partial charge in [-0.25, -0.2) is 0 Å². The number of carbonyl (C=O) groups is 1. The number of nitrogens with one attached hydrogen (secondary N) is 1. The molecule has 0 bridgehead atoms. The second-order valence-corrected chi connectivity index (χ2v) is 5.14. The summed E-state index contributed by atoms with van der Waals surface area (Å²) in [6.45, 7) is 2.21. The smallest absolute Gasteiger partial charge is 0.227 e. The molecule has 1 atom stereocenters. The lowest BCUT2D eigenvalue weighted by Gasteiger charge is -2.12. The van der Waals surface area contributed by atoms with Crippen molar-refractivity contribution in [3.63, 3.8) is 0 Å². The molecular formula is C15H21NO2. The Labute approximate surface area is 108 Å². The van der Waals surface area contributed by atoms with Crippen LogP contribution in [0.3, 0.4) is 0 Å². The molecule has 98 valence electrons. The molecule has 0 heterocycles. The zero-order valence-electron chi connectivity index (χ0n) is 10.9. The minimum Gasteiger partial charge on any atom is -0.396 e. The Morgan fingerprint density at radius 2 is 2.28 bits per heavy atom. The van der Waals surface area contributed by atoms with Crippen molar-refractivity contribution in [1.29, 1.82) is 0 Å². The number of hydrogen-bond donors (Lipinski definition) is 2. The summed E-state index contributed by atoms with van der Waals surface area (Å²) in [6.07, 6.45) is 3.98. The van der Waals surface area contributed by atoms with Crippen LogP contribution in [-0.2, 0) is 11.2 Å². The van der Waals surface area contributed by atoms with Gasteiger partial charge in [-0.05, 0) is 49.3 Å². The number of benzene rings is 1. The first-order chi connectivity index (χ1) is 8.70. The molecule has 2 N–H and O–H groups in total. The molecule has 1 saturated carbocycles. The van der Waals surface area contributed by atoms with Crippen LogP contribution in [-0.4, -0.2) is 17.6 Å². The van der Waals surface area contributed by atoms with Gasteiger partial charge in [0.1, 0.15) is 0 Å². The molecule has 1 aromatic carbocycles. The summed E-state index contributed by atoms with van der Waals surface area (Å²) < 4.78 is 0. The van der Waals surface area contributed by atoms with Crippen molar-refractivity contribution in [3.8, 4) is 0 Å². The normalized spacial score (nSPS) is 16.3. The minimum atomic E-state index is 0.117. The Morgan fingerprint density at radius 1 is 1.50 bits per heavy atom. The molecule has 1 aliphatic carbocycles. The van der Waals surface area contributed by atoms with Crippen molar-refractivity contribution in [1.82, 2.24) is 0 Å². The number of anilines is 1. The van der Waals surface area contributed by atoms with Crippen molar-refractivity contribution >= 4 is 11.6 Å². The summed E-state index contributed by atoms with van der Waals surface area (Å²) in [5, 5.41) is 11.8. The molecule has 0 spiro atoms. The second-order valence-electron chi connectivity index (χ2n) is 5.14. The maximum absolute atomic E-state index is 12.0. The molecule has 0 saturated heterocycles. The van der Waals surface area contributed by atoms with E-state index in [2.05, 4.69) is 5.32 Å². The zero-order valence-corrected chi connectivity index (χ0v) is 10.9. The van der Waals surface area contributed by atoms with E-state index in [1.165, 1.54) is 12.8 Å². The van der Waals surface area contributed by atoms with Gasteiger partial charge in [-0.3, -0.25) is 4.79 Å². The topological polar surface area (TPSA) is 49.3 Å².